The molecule has 6 nitrogen and oxygen atoms in total. The Bertz CT molecular complexity index is 942. The maximum atomic E-state index is 12.5. The Kier molecular flexibility index (Phi) is 5.90. The number of methoxy groups -OCH3 is 1. The lowest BCUT2D eigenvalue weighted by molar-refractivity contribution is -0.128. The van der Waals surface area contributed by atoms with Gasteiger partial charge in [0.05, 0.1) is 6.10 Å². The number of carbonyl (C=O) groups excluding carboxylic acids is 1. The SMILES string of the molecule is COC1CCC(NC(=O)C(C)Oc2ccc3c4c(c(=O)oc3c2)CCCC4)CC1. The molecule has 1 unspecified atom stereocenters. The molecule has 1 fully saturated rings. The van der Waals surface area contributed by atoms with Crippen LogP contribution in [0.3, 0.4) is 0 Å². The third kappa shape index (κ3) is 4.32. The summed E-state index contributed by atoms with van der Waals surface area (Å²) in [4.78, 5) is 24.8. The zero-order valence-electron chi connectivity index (χ0n) is 17.2. The third-order valence-corrected chi connectivity index (χ3v) is 6.23. The lowest BCUT2D eigenvalue weighted by Crippen LogP contribution is -2.44. The van der Waals surface area contributed by atoms with Crippen molar-refractivity contribution in [3.8, 4) is 5.75 Å². The summed E-state index contributed by atoms with van der Waals surface area (Å²) >= 11 is 0. The lowest BCUT2D eigenvalue weighted by Gasteiger charge is -2.29. The monoisotopic (exact) mass is 399 g/mol. The van der Waals surface area contributed by atoms with Crippen LogP contribution in [0.15, 0.2) is 27.4 Å². The zero-order valence-corrected chi connectivity index (χ0v) is 17.2. The summed E-state index contributed by atoms with van der Waals surface area (Å²) in [7, 11) is 1.74. The molecule has 156 valence electrons. The largest absolute Gasteiger partial charge is 0.481 e. The van der Waals surface area contributed by atoms with Gasteiger partial charge in [-0.15, -0.1) is 0 Å². The van der Waals surface area contributed by atoms with Gasteiger partial charge >= 0.3 is 5.63 Å². The Morgan fingerprint density at radius 1 is 1.14 bits per heavy atom. The number of aryl methyl sites for hydroxylation is 1. The van der Waals surface area contributed by atoms with Gasteiger partial charge in [0.2, 0.25) is 0 Å². The average molecular weight is 399 g/mol. The standard InChI is InChI=1S/C23H29NO5/c1-14(22(25)24-15-7-9-16(27-2)10-8-15)28-17-11-12-19-18-5-3-4-6-20(18)23(26)29-21(19)13-17/h11-16H,3-10H2,1-2H3,(H,24,25). The van der Waals surface area contributed by atoms with Gasteiger partial charge in [0.15, 0.2) is 6.10 Å². The van der Waals surface area contributed by atoms with E-state index in [4.69, 9.17) is 13.9 Å². The van der Waals surface area contributed by atoms with Crippen molar-refractivity contribution >= 4 is 16.9 Å². The summed E-state index contributed by atoms with van der Waals surface area (Å²) < 4.78 is 16.8. The van der Waals surface area contributed by atoms with Crippen LogP contribution >= 0.6 is 0 Å². The van der Waals surface area contributed by atoms with Gasteiger partial charge in [-0.3, -0.25) is 4.79 Å². The molecule has 1 amide bonds. The fourth-order valence-electron chi connectivity index (χ4n) is 4.52. The second-order valence-electron chi connectivity index (χ2n) is 8.19. The maximum Gasteiger partial charge on any atom is 0.339 e. The first kappa shape index (κ1) is 20.0. The minimum absolute atomic E-state index is 0.127. The second kappa shape index (κ2) is 8.57. The molecular weight excluding hydrogens is 370 g/mol. The van der Waals surface area contributed by atoms with Crippen LogP contribution in [0.4, 0.5) is 0 Å². The first-order valence-electron chi connectivity index (χ1n) is 10.6. The van der Waals surface area contributed by atoms with Crippen molar-refractivity contribution in [3.05, 3.63) is 39.7 Å². The molecule has 2 aliphatic carbocycles. The van der Waals surface area contributed by atoms with Crippen LogP contribution in [0.25, 0.3) is 11.0 Å². The van der Waals surface area contributed by atoms with Crippen LogP contribution in [0, 0.1) is 0 Å². The van der Waals surface area contributed by atoms with Crippen LogP contribution in [-0.4, -0.2) is 31.3 Å². The number of ether oxygens (including phenoxy) is 2. The van der Waals surface area contributed by atoms with E-state index in [1.807, 2.05) is 12.1 Å². The van der Waals surface area contributed by atoms with Crippen molar-refractivity contribution in [2.75, 3.05) is 7.11 Å². The Morgan fingerprint density at radius 3 is 2.59 bits per heavy atom. The first-order valence-corrected chi connectivity index (χ1v) is 10.6. The fraction of sp³-hybridized carbons (Fsp3) is 0.565. The van der Waals surface area contributed by atoms with Gasteiger partial charge in [0.1, 0.15) is 11.3 Å². The molecule has 0 spiro atoms. The number of rotatable bonds is 5. The summed E-state index contributed by atoms with van der Waals surface area (Å²) in [5.41, 5.74) is 2.19. The number of hydrogen-bond acceptors (Lipinski definition) is 5. The predicted octanol–water partition coefficient (Wildman–Crippen LogP) is 3.51. The van der Waals surface area contributed by atoms with E-state index >= 15 is 0 Å². The van der Waals surface area contributed by atoms with E-state index in [0.29, 0.717) is 17.4 Å². The minimum Gasteiger partial charge on any atom is -0.481 e. The quantitative estimate of drug-likeness (QED) is 0.779. The molecule has 29 heavy (non-hydrogen) atoms. The Hall–Kier alpha value is -2.34. The molecular formula is C23H29NO5. The Balaban J connectivity index is 1.43. The molecule has 2 aromatic rings. The molecule has 0 bridgehead atoms. The summed E-state index contributed by atoms with van der Waals surface area (Å²) in [6, 6.07) is 5.68. The van der Waals surface area contributed by atoms with Crippen molar-refractivity contribution in [2.45, 2.75) is 76.5 Å². The van der Waals surface area contributed by atoms with Gasteiger partial charge in [-0.1, -0.05) is 0 Å². The van der Waals surface area contributed by atoms with E-state index < -0.39 is 6.10 Å². The molecule has 0 saturated heterocycles. The molecule has 1 heterocycles. The highest BCUT2D eigenvalue weighted by atomic mass is 16.5. The van der Waals surface area contributed by atoms with Crippen molar-refractivity contribution in [1.82, 2.24) is 5.32 Å². The van der Waals surface area contributed by atoms with Gasteiger partial charge in [0.25, 0.3) is 5.91 Å². The number of fused-ring (bicyclic) bond motifs is 3. The van der Waals surface area contributed by atoms with Crippen LogP contribution < -0.4 is 15.7 Å². The third-order valence-electron chi connectivity index (χ3n) is 6.23. The van der Waals surface area contributed by atoms with Crippen molar-refractivity contribution in [2.24, 2.45) is 0 Å². The smallest absolute Gasteiger partial charge is 0.339 e. The number of hydrogen-bond donors (Lipinski definition) is 1. The molecule has 6 heteroatoms. The van der Waals surface area contributed by atoms with Crippen molar-refractivity contribution < 1.29 is 18.7 Å². The maximum absolute atomic E-state index is 12.5. The lowest BCUT2D eigenvalue weighted by atomic mass is 9.91. The van der Waals surface area contributed by atoms with Gasteiger partial charge in [0, 0.05) is 30.2 Å². The molecule has 1 aromatic carbocycles. The van der Waals surface area contributed by atoms with E-state index in [2.05, 4.69) is 5.32 Å². The highest BCUT2D eigenvalue weighted by Gasteiger charge is 2.25. The number of amides is 1. The zero-order chi connectivity index (χ0) is 20.4. The molecule has 0 radical (unpaired) electrons. The summed E-state index contributed by atoms with van der Waals surface area (Å²) in [6.45, 7) is 1.74. The summed E-state index contributed by atoms with van der Waals surface area (Å²) in [6.07, 6.45) is 7.25. The van der Waals surface area contributed by atoms with E-state index in [-0.39, 0.29) is 17.6 Å². The predicted molar refractivity (Wildman–Crippen MR) is 110 cm³/mol. The van der Waals surface area contributed by atoms with Gasteiger partial charge in [-0.05, 0) is 76.0 Å². The molecule has 0 aliphatic heterocycles. The van der Waals surface area contributed by atoms with Gasteiger partial charge in [-0.25, -0.2) is 4.79 Å². The number of nitrogens with one attached hydrogen (secondary N) is 1. The molecule has 1 atom stereocenters. The molecule has 2 aliphatic rings. The highest BCUT2D eigenvalue weighted by Crippen LogP contribution is 2.29. The number of benzene rings is 1. The molecule has 1 saturated carbocycles. The van der Waals surface area contributed by atoms with E-state index in [9.17, 15) is 9.59 Å². The summed E-state index contributed by atoms with van der Waals surface area (Å²) in [5, 5.41) is 4.05. The van der Waals surface area contributed by atoms with E-state index in [1.165, 1.54) is 0 Å². The normalized spacial score (nSPS) is 22.7. The topological polar surface area (TPSA) is 77.8 Å². The van der Waals surface area contributed by atoms with E-state index in [0.717, 1.165) is 67.9 Å². The fourth-order valence-corrected chi connectivity index (χ4v) is 4.52. The number of carbonyl (C=O) groups is 1. The first-order chi connectivity index (χ1) is 14.0. The van der Waals surface area contributed by atoms with Gasteiger partial charge < -0.3 is 19.2 Å². The van der Waals surface area contributed by atoms with Crippen LogP contribution in [0.1, 0.15) is 56.6 Å². The van der Waals surface area contributed by atoms with E-state index in [1.54, 1.807) is 20.1 Å². The highest BCUT2D eigenvalue weighted by molar-refractivity contribution is 5.84. The second-order valence-corrected chi connectivity index (χ2v) is 8.19. The van der Waals surface area contributed by atoms with Crippen molar-refractivity contribution in [1.29, 1.82) is 0 Å². The van der Waals surface area contributed by atoms with Crippen LogP contribution in [0.5, 0.6) is 5.75 Å². The molecule has 4 rings (SSSR count). The van der Waals surface area contributed by atoms with Crippen LogP contribution in [0.2, 0.25) is 0 Å². The van der Waals surface area contributed by atoms with Crippen molar-refractivity contribution in [3.63, 3.8) is 0 Å². The minimum atomic E-state index is -0.628. The summed E-state index contributed by atoms with van der Waals surface area (Å²) in [5.74, 6) is 0.403. The Labute approximate surface area is 170 Å². The Morgan fingerprint density at radius 2 is 1.86 bits per heavy atom. The average Bonchev–Trinajstić information content (AvgIpc) is 2.74. The molecule has 1 aromatic heterocycles. The van der Waals surface area contributed by atoms with Crippen LogP contribution in [-0.2, 0) is 22.4 Å². The van der Waals surface area contributed by atoms with Gasteiger partial charge in [-0.2, -0.15) is 0 Å². The molecule has 1 N–H and O–H groups in total.